The number of piperidine rings is 1. The van der Waals surface area contributed by atoms with Crippen LogP contribution in [0.3, 0.4) is 0 Å². The predicted molar refractivity (Wildman–Crippen MR) is 95.4 cm³/mol. The van der Waals surface area contributed by atoms with E-state index in [2.05, 4.69) is 27.2 Å². The maximum absolute atomic E-state index is 13.3. The van der Waals surface area contributed by atoms with Gasteiger partial charge in [0.1, 0.15) is 5.82 Å². The molecule has 0 radical (unpaired) electrons. The molecule has 0 bridgehead atoms. The number of likely N-dealkylation sites (tertiary alicyclic amines) is 2. The van der Waals surface area contributed by atoms with Crippen LogP contribution in [0.5, 0.6) is 0 Å². The lowest BCUT2D eigenvalue weighted by molar-refractivity contribution is 0.0559. The molecule has 25 heavy (non-hydrogen) atoms. The van der Waals surface area contributed by atoms with E-state index in [1.807, 2.05) is 6.20 Å². The molecule has 7 heteroatoms. The van der Waals surface area contributed by atoms with Crippen molar-refractivity contribution in [1.29, 1.82) is 0 Å². The van der Waals surface area contributed by atoms with Crippen molar-refractivity contribution in [2.75, 3.05) is 26.7 Å². The van der Waals surface area contributed by atoms with Gasteiger partial charge in [-0.2, -0.15) is 0 Å². The Labute approximate surface area is 152 Å². The summed E-state index contributed by atoms with van der Waals surface area (Å²) < 4.78 is 15.0. The van der Waals surface area contributed by atoms with Crippen LogP contribution in [0.15, 0.2) is 24.4 Å². The Kier molecular flexibility index (Phi) is 4.52. The SMILES string of the molecule is CN1CCC2(CCCN2Cc2cn(-c3ccc(F)c(Cl)c3)nn2)CC1. The van der Waals surface area contributed by atoms with E-state index in [4.69, 9.17) is 11.6 Å². The summed E-state index contributed by atoms with van der Waals surface area (Å²) in [5, 5.41) is 8.62. The zero-order valence-electron chi connectivity index (χ0n) is 14.5. The molecule has 1 spiro atoms. The topological polar surface area (TPSA) is 37.2 Å². The molecule has 134 valence electrons. The van der Waals surface area contributed by atoms with Gasteiger partial charge in [-0.15, -0.1) is 5.10 Å². The van der Waals surface area contributed by atoms with Crippen molar-refractivity contribution < 1.29 is 4.39 Å². The smallest absolute Gasteiger partial charge is 0.141 e. The predicted octanol–water partition coefficient (Wildman–Crippen LogP) is 3.12. The van der Waals surface area contributed by atoms with Crippen LogP contribution in [0.1, 0.15) is 31.4 Å². The fourth-order valence-corrected chi connectivity index (χ4v) is 4.34. The monoisotopic (exact) mass is 363 g/mol. The first kappa shape index (κ1) is 16.9. The number of nitrogens with zero attached hydrogens (tertiary/aromatic N) is 5. The van der Waals surface area contributed by atoms with Crippen molar-refractivity contribution in [3.8, 4) is 5.69 Å². The van der Waals surface area contributed by atoms with Crippen LogP contribution in [0.2, 0.25) is 5.02 Å². The van der Waals surface area contributed by atoms with E-state index in [1.165, 1.54) is 31.7 Å². The Bertz CT molecular complexity index is 754. The lowest BCUT2D eigenvalue weighted by Crippen LogP contribution is -2.50. The van der Waals surface area contributed by atoms with E-state index in [0.29, 0.717) is 5.54 Å². The molecule has 2 aromatic rings. The third-order valence-corrected chi connectivity index (χ3v) is 6.01. The molecule has 2 fully saturated rings. The van der Waals surface area contributed by atoms with Crippen LogP contribution < -0.4 is 0 Å². The van der Waals surface area contributed by atoms with Crippen molar-refractivity contribution in [3.63, 3.8) is 0 Å². The fraction of sp³-hybridized carbons (Fsp3) is 0.556. The molecule has 2 aliphatic heterocycles. The molecule has 3 heterocycles. The van der Waals surface area contributed by atoms with Gasteiger partial charge in [0, 0.05) is 12.1 Å². The maximum atomic E-state index is 13.3. The minimum absolute atomic E-state index is 0.0966. The summed E-state index contributed by atoms with van der Waals surface area (Å²) in [7, 11) is 2.20. The van der Waals surface area contributed by atoms with Crippen LogP contribution >= 0.6 is 11.6 Å². The molecule has 0 atom stereocenters. The highest BCUT2D eigenvalue weighted by Gasteiger charge is 2.42. The second-order valence-corrected chi connectivity index (χ2v) is 7.71. The molecule has 0 amide bonds. The van der Waals surface area contributed by atoms with E-state index in [1.54, 1.807) is 16.8 Å². The Hall–Kier alpha value is -1.50. The number of rotatable bonds is 3. The van der Waals surface area contributed by atoms with Gasteiger partial charge in [0.15, 0.2) is 0 Å². The van der Waals surface area contributed by atoms with Gasteiger partial charge in [0.25, 0.3) is 0 Å². The van der Waals surface area contributed by atoms with Crippen LogP contribution in [0.25, 0.3) is 5.69 Å². The van der Waals surface area contributed by atoms with Gasteiger partial charge in [-0.3, -0.25) is 4.90 Å². The Morgan fingerprint density at radius 2 is 2.00 bits per heavy atom. The fourth-order valence-electron chi connectivity index (χ4n) is 4.16. The Balaban J connectivity index is 1.50. The molecule has 4 rings (SSSR count). The molecule has 0 N–H and O–H groups in total. The third-order valence-electron chi connectivity index (χ3n) is 5.72. The lowest BCUT2D eigenvalue weighted by Gasteiger charge is -2.44. The van der Waals surface area contributed by atoms with Crippen LogP contribution in [-0.4, -0.2) is 57.0 Å². The highest BCUT2D eigenvalue weighted by Crippen LogP contribution is 2.38. The first-order valence-electron chi connectivity index (χ1n) is 8.86. The average Bonchev–Trinajstić information content (AvgIpc) is 3.22. The number of hydrogen-bond donors (Lipinski definition) is 0. The largest absolute Gasteiger partial charge is 0.306 e. The number of benzene rings is 1. The summed E-state index contributed by atoms with van der Waals surface area (Å²) in [5.41, 5.74) is 2.00. The van der Waals surface area contributed by atoms with Crippen molar-refractivity contribution in [2.45, 2.75) is 37.8 Å². The van der Waals surface area contributed by atoms with Crippen molar-refractivity contribution >= 4 is 11.6 Å². The van der Waals surface area contributed by atoms with Gasteiger partial charge in [-0.25, -0.2) is 9.07 Å². The summed E-state index contributed by atoms with van der Waals surface area (Å²) >= 11 is 5.87. The van der Waals surface area contributed by atoms with Crippen LogP contribution in [0.4, 0.5) is 4.39 Å². The highest BCUT2D eigenvalue weighted by atomic mass is 35.5. The maximum Gasteiger partial charge on any atom is 0.141 e. The zero-order chi connectivity index (χ0) is 17.4. The van der Waals surface area contributed by atoms with E-state index in [-0.39, 0.29) is 5.02 Å². The lowest BCUT2D eigenvalue weighted by atomic mass is 9.85. The first-order valence-corrected chi connectivity index (χ1v) is 9.24. The van der Waals surface area contributed by atoms with Gasteiger partial charge >= 0.3 is 0 Å². The van der Waals surface area contributed by atoms with Gasteiger partial charge in [-0.1, -0.05) is 16.8 Å². The average molecular weight is 364 g/mol. The molecular weight excluding hydrogens is 341 g/mol. The van der Waals surface area contributed by atoms with Gasteiger partial charge < -0.3 is 4.90 Å². The van der Waals surface area contributed by atoms with Gasteiger partial charge in [-0.05, 0) is 70.6 Å². The molecule has 1 aromatic heterocycles. The molecule has 1 aromatic carbocycles. The van der Waals surface area contributed by atoms with Gasteiger partial charge in [0.2, 0.25) is 0 Å². The van der Waals surface area contributed by atoms with E-state index in [9.17, 15) is 4.39 Å². The summed E-state index contributed by atoms with van der Waals surface area (Å²) in [4.78, 5) is 5.00. The normalized spacial score (nSPS) is 21.2. The quantitative estimate of drug-likeness (QED) is 0.839. The Morgan fingerprint density at radius 3 is 2.76 bits per heavy atom. The molecule has 0 unspecified atom stereocenters. The first-order chi connectivity index (χ1) is 12.1. The minimum Gasteiger partial charge on any atom is -0.306 e. The molecular formula is C18H23ClFN5. The van der Waals surface area contributed by atoms with E-state index >= 15 is 0 Å². The third kappa shape index (κ3) is 3.30. The van der Waals surface area contributed by atoms with Crippen LogP contribution in [-0.2, 0) is 6.54 Å². The second kappa shape index (κ2) is 6.67. The summed E-state index contributed by atoms with van der Waals surface area (Å²) in [6.07, 6.45) is 6.91. The number of halogens is 2. The van der Waals surface area contributed by atoms with Gasteiger partial charge in [0.05, 0.1) is 22.6 Å². The minimum atomic E-state index is -0.424. The molecule has 2 saturated heterocycles. The molecule has 0 aliphatic carbocycles. The second-order valence-electron chi connectivity index (χ2n) is 7.31. The van der Waals surface area contributed by atoms with Crippen molar-refractivity contribution in [1.82, 2.24) is 24.8 Å². The van der Waals surface area contributed by atoms with Crippen molar-refractivity contribution in [2.24, 2.45) is 0 Å². The summed E-state index contributed by atoms with van der Waals surface area (Å²) in [6.45, 7) is 4.27. The molecule has 5 nitrogen and oxygen atoms in total. The van der Waals surface area contributed by atoms with E-state index in [0.717, 1.165) is 37.6 Å². The zero-order valence-corrected chi connectivity index (χ0v) is 15.2. The van der Waals surface area contributed by atoms with Crippen molar-refractivity contribution in [3.05, 3.63) is 40.9 Å². The van der Waals surface area contributed by atoms with Crippen LogP contribution in [0, 0.1) is 5.82 Å². The summed E-state index contributed by atoms with van der Waals surface area (Å²) in [6, 6.07) is 4.59. The molecule has 2 aliphatic rings. The highest BCUT2D eigenvalue weighted by molar-refractivity contribution is 6.30. The Morgan fingerprint density at radius 1 is 1.20 bits per heavy atom. The number of hydrogen-bond acceptors (Lipinski definition) is 4. The van der Waals surface area contributed by atoms with E-state index < -0.39 is 5.82 Å². The number of aromatic nitrogens is 3. The molecule has 0 saturated carbocycles. The summed E-state index contributed by atoms with van der Waals surface area (Å²) in [5.74, 6) is -0.424. The standard InChI is InChI=1S/C18H23ClFN5/c1-23-9-6-18(7-10-23)5-2-8-24(18)12-14-13-25(22-21-14)15-3-4-17(20)16(19)11-15/h3-4,11,13H,2,5-10,12H2,1H3.